The number of benzene rings is 2. The van der Waals surface area contributed by atoms with E-state index < -0.39 is 0 Å². The molecule has 33 heavy (non-hydrogen) atoms. The van der Waals surface area contributed by atoms with E-state index in [0.717, 1.165) is 22.9 Å². The SMILES string of the molecule is C[C@@H]1N=C(c2ccccc2[N+](=O)[O-])c2cc([C@]34C[C@H]3C4)ccc2-n2cnc(-c3cnco3)c21. The van der Waals surface area contributed by atoms with E-state index in [4.69, 9.17) is 9.41 Å². The van der Waals surface area contributed by atoms with E-state index in [-0.39, 0.29) is 16.7 Å². The Morgan fingerprint density at radius 2 is 2.00 bits per heavy atom. The zero-order valence-electron chi connectivity index (χ0n) is 17.8. The molecule has 2 aromatic heterocycles. The van der Waals surface area contributed by atoms with Gasteiger partial charge in [-0.2, -0.15) is 0 Å². The summed E-state index contributed by atoms with van der Waals surface area (Å²) in [5.74, 6) is 1.35. The summed E-state index contributed by atoms with van der Waals surface area (Å²) in [6.07, 6.45) is 7.25. The minimum atomic E-state index is -0.338. The summed E-state index contributed by atoms with van der Waals surface area (Å²) < 4.78 is 7.57. The van der Waals surface area contributed by atoms with Crippen LogP contribution in [0.5, 0.6) is 0 Å². The molecule has 0 saturated heterocycles. The van der Waals surface area contributed by atoms with Crippen LogP contribution in [0.25, 0.3) is 17.1 Å². The molecule has 0 N–H and O–H groups in total. The van der Waals surface area contributed by atoms with Gasteiger partial charge >= 0.3 is 0 Å². The topological polar surface area (TPSA) is 99.3 Å². The Labute approximate surface area is 188 Å². The van der Waals surface area contributed by atoms with Crippen molar-refractivity contribution >= 4 is 11.4 Å². The maximum Gasteiger partial charge on any atom is 0.278 e. The van der Waals surface area contributed by atoms with Crippen LogP contribution in [0, 0.1) is 16.0 Å². The first-order chi connectivity index (χ1) is 16.1. The summed E-state index contributed by atoms with van der Waals surface area (Å²) in [5, 5.41) is 11.9. The van der Waals surface area contributed by atoms with Crippen LogP contribution in [0.3, 0.4) is 0 Å². The Balaban J connectivity index is 1.51. The number of nitro benzene ring substituents is 1. The van der Waals surface area contributed by atoms with Crippen LogP contribution in [0.15, 0.2) is 70.8 Å². The first kappa shape index (κ1) is 18.5. The number of nitro groups is 1. The number of oxazole rings is 1. The van der Waals surface area contributed by atoms with E-state index in [1.165, 1.54) is 30.9 Å². The van der Waals surface area contributed by atoms with Gasteiger partial charge in [-0.25, -0.2) is 9.97 Å². The molecule has 0 unspecified atom stereocenters. The molecule has 2 aromatic carbocycles. The van der Waals surface area contributed by atoms with Crippen molar-refractivity contribution in [2.24, 2.45) is 10.9 Å². The Bertz CT molecular complexity index is 1480. The molecule has 0 amide bonds. The molecule has 1 aliphatic heterocycles. The first-order valence-electron chi connectivity index (χ1n) is 11.0. The molecule has 3 heterocycles. The number of rotatable bonds is 4. The van der Waals surface area contributed by atoms with Crippen molar-refractivity contribution in [1.29, 1.82) is 0 Å². The zero-order chi connectivity index (χ0) is 22.3. The lowest BCUT2D eigenvalue weighted by molar-refractivity contribution is -0.385. The largest absolute Gasteiger partial charge is 0.442 e. The molecule has 0 spiro atoms. The molecule has 7 rings (SSSR count). The highest BCUT2D eigenvalue weighted by atomic mass is 16.6. The quantitative estimate of drug-likeness (QED) is 0.330. The second kappa shape index (κ2) is 6.25. The summed E-state index contributed by atoms with van der Waals surface area (Å²) in [4.78, 5) is 25.3. The fourth-order valence-electron chi connectivity index (χ4n) is 5.26. The van der Waals surface area contributed by atoms with Gasteiger partial charge in [-0.05, 0) is 54.9 Å². The second-order valence-corrected chi connectivity index (χ2v) is 9.14. The van der Waals surface area contributed by atoms with Crippen LogP contribution in [0.4, 0.5) is 5.69 Å². The number of hydrogen-bond acceptors (Lipinski definition) is 6. The summed E-state index contributed by atoms with van der Waals surface area (Å²) in [5.41, 5.74) is 6.14. The average Bonchev–Trinajstić information content (AvgIpc) is 3.52. The first-order valence-corrected chi connectivity index (χ1v) is 11.0. The molecular weight excluding hydrogens is 418 g/mol. The number of para-hydroxylation sites is 1. The molecule has 162 valence electrons. The van der Waals surface area contributed by atoms with Gasteiger partial charge in [0, 0.05) is 11.6 Å². The summed E-state index contributed by atoms with van der Waals surface area (Å²) in [7, 11) is 0. The van der Waals surface area contributed by atoms with Gasteiger partial charge in [0.2, 0.25) is 0 Å². The molecule has 8 heteroatoms. The van der Waals surface area contributed by atoms with Crippen LogP contribution in [-0.2, 0) is 5.41 Å². The monoisotopic (exact) mass is 437 g/mol. The Morgan fingerprint density at radius 3 is 2.73 bits per heavy atom. The lowest BCUT2D eigenvalue weighted by Crippen LogP contribution is -2.11. The zero-order valence-corrected chi connectivity index (χ0v) is 17.8. The number of fused-ring (bicyclic) bond motifs is 4. The lowest BCUT2D eigenvalue weighted by atomic mass is 9.94. The normalized spacial score (nSPS) is 24.2. The van der Waals surface area contributed by atoms with Crippen molar-refractivity contribution in [1.82, 2.24) is 14.5 Å². The van der Waals surface area contributed by atoms with Crippen LogP contribution in [0.1, 0.15) is 48.2 Å². The Morgan fingerprint density at radius 1 is 1.18 bits per heavy atom. The van der Waals surface area contributed by atoms with Crippen LogP contribution >= 0.6 is 0 Å². The predicted molar refractivity (Wildman–Crippen MR) is 121 cm³/mol. The fraction of sp³-hybridized carbons (Fsp3) is 0.240. The van der Waals surface area contributed by atoms with E-state index >= 15 is 0 Å². The summed E-state index contributed by atoms with van der Waals surface area (Å²) in [6.45, 7) is 1.98. The number of aromatic nitrogens is 3. The van der Waals surface area contributed by atoms with Gasteiger partial charge in [0.05, 0.1) is 39.8 Å². The third-order valence-corrected chi connectivity index (χ3v) is 7.31. The highest BCUT2D eigenvalue weighted by molar-refractivity contribution is 6.17. The highest BCUT2D eigenvalue weighted by Gasteiger charge is 2.70. The van der Waals surface area contributed by atoms with Gasteiger partial charge in [0.25, 0.3) is 5.69 Å². The lowest BCUT2D eigenvalue weighted by Gasteiger charge is -2.15. The summed E-state index contributed by atoms with van der Waals surface area (Å²) in [6, 6.07) is 13.0. The molecule has 0 bridgehead atoms. The molecule has 1 atom stereocenters. The van der Waals surface area contributed by atoms with Crippen molar-refractivity contribution in [2.45, 2.75) is 31.2 Å². The van der Waals surface area contributed by atoms with E-state index in [1.807, 2.05) is 17.6 Å². The van der Waals surface area contributed by atoms with Crippen LogP contribution in [-0.4, -0.2) is 25.2 Å². The molecule has 2 fully saturated rings. The van der Waals surface area contributed by atoms with Crippen molar-refractivity contribution in [3.63, 3.8) is 0 Å². The molecule has 0 radical (unpaired) electrons. The maximum absolute atomic E-state index is 11.9. The smallest absolute Gasteiger partial charge is 0.278 e. The number of aliphatic imine (C=N–C) groups is 1. The number of imidazole rings is 1. The molecule has 3 aliphatic rings. The van der Waals surface area contributed by atoms with E-state index in [2.05, 4.69) is 28.2 Å². The van der Waals surface area contributed by atoms with E-state index in [9.17, 15) is 10.1 Å². The number of hydrogen-bond donors (Lipinski definition) is 0. The van der Waals surface area contributed by atoms with Crippen LogP contribution in [0.2, 0.25) is 0 Å². The van der Waals surface area contributed by atoms with Crippen molar-refractivity contribution in [2.75, 3.05) is 0 Å². The third-order valence-electron chi connectivity index (χ3n) is 7.31. The van der Waals surface area contributed by atoms with Gasteiger partial charge < -0.3 is 4.42 Å². The van der Waals surface area contributed by atoms with Gasteiger partial charge in [-0.3, -0.25) is 19.7 Å². The maximum atomic E-state index is 11.9. The van der Waals surface area contributed by atoms with Gasteiger partial charge in [-0.1, -0.05) is 18.2 Å². The predicted octanol–water partition coefficient (Wildman–Crippen LogP) is 5.01. The highest BCUT2D eigenvalue weighted by Crippen LogP contribution is 2.75. The molecule has 4 aromatic rings. The fourth-order valence-corrected chi connectivity index (χ4v) is 5.26. The second-order valence-electron chi connectivity index (χ2n) is 9.14. The standard InChI is InChI=1S/C25H19N5O3/c1-14-24-23(21-11-26-13-33-21)27-12-29(24)19-7-6-15(25-9-16(25)10-25)8-18(19)22(28-14)17-4-2-3-5-20(17)30(31)32/h2-8,11-14,16H,9-10H2,1H3/t14-,16-,25+/m0/s1. The molecular formula is C25H19N5O3. The number of nitrogens with zero attached hydrogens (tertiary/aromatic N) is 5. The Hall–Kier alpha value is -4.07. The van der Waals surface area contributed by atoms with Crippen molar-refractivity contribution < 1.29 is 9.34 Å². The van der Waals surface area contributed by atoms with Crippen molar-refractivity contribution in [3.8, 4) is 17.1 Å². The summed E-state index contributed by atoms with van der Waals surface area (Å²) >= 11 is 0. The minimum absolute atomic E-state index is 0.0499. The van der Waals surface area contributed by atoms with Crippen molar-refractivity contribution in [3.05, 3.63) is 93.9 Å². The molecule has 2 aliphatic carbocycles. The van der Waals surface area contributed by atoms with Gasteiger partial charge in [0.15, 0.2) is 12.2 Å². The molecule has 8 nitrogen and oxygen atoms in total. The van der Waals surface area contributed by atoms with E-state index in [1.54, 1.807) is 24.7 Å². The third kappa shape index (κ3) is 2.54. The van der Waals surface area contributed by atoms with Gasteiger partial charge in [0.1, 0.15) is 12.0 Å². The average molecular weight is 437 g/mol. The van der Waals surface area contributed by atoms with Gasteiger partial charge in [-0.15, -0.1) is 0 Å². The minimum Gasteiger partial charge on any atom is -0.442 e. The van der Waals surface area contributed by atoms with Crippen LogP contribution < -0.4 is 0 Å². The Kier molecular flexibility index (Phi) is 3.50. The van der Waals surface area contributed by atoms with E-state index in [0.29, 0.717) is 28.1 Å². The molecule has 2 saturated carbocycles.